The fourth-order valence-electron chi connectivity index (χ4n) is 13.2. The van der Waals surface area contributed by atoms with Crippen molar-refractivity contribution in [1.82, 2.24) is 0 Å². The van der Waals surface area contributed by atoms with E-state index in [1.165, 1.54) is 464 Å². The second kappa shape index (κ2) is 84.2. The van der Waals surface area contributed by atoms with Crippen LogP contribution in [0.15, 0.2) is 0 Å². The van der Waals surface area contributed by atoms with Crippen molar-refractivity contribution in [3.05, 3.63) is 0 Å². The van der Waals surface area contributed by atoms with E-state index < -0.39 is 0 Å². The van der Waals surface area contributed by atoms with Crippen LogP contribution in [0.4, 0.5) is 0 Å². The van der Waals surface area contributed by atoms with E-state index in [-0.39, 0.29) is 46.4 Å². The van der Waals surface area contributed by atoms with Gasteiger partial charge >= 0.3 is 0 Å². The molecular formula is C82H176Br2ClN3. The topological polar surface area (TPSA) is 0 Å². The van der Waals surface area contributed by atoms with E-state index in [4.69, 9.17) is 0 Å². The van der Waals surface area contributed by atoms with Gasteiger partial charge in [0, 0.05) is 0 Å². The van der Waals surface area contributed by atoms with Crippen LogP contribution in [0.5, 0.6) is 0 Å². The number of unbranched alkanes of at least 4 members (excludes halogenated alkanes) is 58. The molecule has 0 fully saturated rings. The number of hydrogen-bond donors (Lipinski definition) is 0. The van der Waals surface area contributed by atoms with Crippen LogP contribution in [-0.2, 0) is 0 Å². The molecule has 0 saturated carbocycles. The lowest BCUT2D eigenvalue weighted by Crippen LogP contribution is -3.00. The van der Waals surface area contributed by atoms with Crippen molar-refractivity contribution in [2.75, 3.05) is 81.6 Å². The van der Waals surface area contributed by atoms with Crippen molar-refractivity contribution in [2.24, 2.45) is 0 Å². The van der Waals surface area contributed by atoms with Crippen molar-refractivity contribution in [1.29, 1.82) is 0 Å². The van der Waals surface area contributed by atoms with Crippen LogP contribution in [0.3, 0.4) is 0 Å². The number of nitrogens with zero attached hydrogens (tertiary/aromatic N) is 3. The molecule has 0 N–H and O–H groups in total. The first-order valence-corrected chi connectivity index (χ1v) is 40.8. The third kappa shape index (κ3) is 93.5. The van der Waals surface area contributed by atoms with Gasteiger partial charge in [-0.2, -0.15) is 0 Å². The third-order valence-corrected chi connectivity index (χ3v) is 19.7. The molecular weight excluding hydrogens is 1220 g/mol. The predicted molar refractivity (Wildman–Crippen MR) is 395 cm³/mol. The summed E-state index contributed by atoms with van der Waals surface area (Å²) in [5.74, 6) is 0. The zero-order valence-electron chi connectivity index (χ0n) is 64.0. The van der Waals surface area contributed by atoms with Crippen molar-refractivity contribution in [3.63, 3.8) is 0 Å². The predicted octanol–water partition coefficient (Wildman–Crippen LogP) is 19.3. The highest BCUT2D eigenvalue weighted by Crippen LogP contribution is 2.19. The van der Waals surface area contributed by atoms with Crippen molar-refractivity contribution in [3.8, 4) is 0 Å². The first-order chi connectivity index (χ1) is 41.4. The molecule has 0 aromatic carbocycles. The second-order valence-corrected chi connectivity index (χ2v) is 30.7. The Bertz CT molecular complexity index is 1030. The SMILES string of the molecule is CCCCCCCCCCCCCC[N+](C)(C)CCCCCCCCCCCCCC.CCCCCCCCCCCC[N+](C)(C)CCCCCCCCCCCC.CCCCCCCCCCCC[N+](C)(C)CCCCCCCCCCCC.[Br-].[Br-].[Cl-]. The van der Waals surface area contributed by atoms with E-state index in [1.807, 2.05) is 0 Å². The molecule has 0 aliphatic rings. The van der Waals surface area contributed by atoms with E-state index >= 15 is 0 Å². The fourth-order valence-corrected chi connectivity index (χ4v) is 13.2. The molecule has 88 heavy (non-hydrogen) atoms. The summed E-state index contributed by atoms with van der Waals surface area (Å²) < 4.78 is 3.73. The molecule has 0 rings (SSSR count). The summed E-state index contributed by atoms with van der Waals surface area (Å²) in [6.45, 7) is 22.1. The molecule has 0 aromatic rings. The maximum Gasteiger partial charge on any atom is 0.0782 e. The largest absolute Gasteiger partial charge is 1.00 e. The maximum absolute atomic E-state index is 2.46. The zero-order valence-corrected chi connectivity index (χ0v) is 67.9. The summed E-state index contributed by atoms with van der Waals surface area (Å²) in [6.07, 6.45) is 93.0. The van der Waals surface area contributed by atoms with Gasteiger partial charge in [0.1, 0.15) is 0 Å². The average Bonchev–Trinajstić information content (AvgIpc) is 3.51. The summed E-state index contributed by atoms with van der Waals surface area (Å²) in [5.41, 5.74) is 0. The van der Waals surface area contributed by atoms with Crippen LogP contribution >= 0.6 is 0 Å². The molecule has 0 spiro atoms. The Morgan fingerprint density at radius 2 is 0.193 bits per heavy atom. The van der Waals surface area contributed by atoms with Gasteiger partial charge in [0.05, 0.1) is 81.6 Å². The van der Waals surface area contributed by atoms with Gasteiger partial charge in [-0.3, -0.25) is 0 Å². The molecule has 540 valence electrons. The normalized spacial score (nSPS) is 11.6. The Morgan fingerprint density at radius 1 is 0.125 bits per heavy atom. The van der Waals surface area contributed by atoms with Crippen LogP contribution in [0.25, 0.3) is 0 Å². The Hall–Kier alpha value is 1.13. The van der Waals surface area contributed by atoms with E-state index in [0.717, 1.165) is 0 Å². The Labute approximate surface area is 589 Å². The summed E-state index contributed by atoms with van der Waals surface area (Å²) in [5, 5.41) is 0. The van der Waals surface area contributed by atoms with Crippen LogP contribution in [0.2, 0.25) is 0 Å². The minimum atomic E-state index is 0. The van der Waals surface area contributed by atoms with Gasteiger partial charge in [-0.15, -0.1) is 0 Å². The number of halogens is 3. The summed E-state index contributed by atoms with van der Waals surface area (Å²) in [6, 6.07) is 0. The van der Waals surface area contributed by atoms with E-state index in [2.05, 4.69) is 83.8 Å². The van der Waals surface area contributed by atoms with Gasteiger partial charge < -0.3 is 59.8 Å². The first kappa shape index (κ1) is 100. The summed E-state index contributed by atoms with van der Waals surface area (Å²) in [7, 11) is 14.7. The van der Waals surface area contributed by atoms with Crippen LogP contribution < -0.4 is 46.4 Å². The molecule has 0 aliphatic heterocycles. The molecule has 0 amide bonds. The number of rotatable bonds is 70. The smallest absolute Gasteiger partial charge is 0.0782 e. The molecule has 0 bridgehead atoms. The Balaban J connectivity index is -0.000000283. The van der Waals surface area contributed by atoms with Gasteiger partial charge in [0.2, 0.25) is 0 Å². The summed E-state index contributed by atoms with van der Waals surface area (Å²) in [4.78, 5) is 0. The third-order valence-electron chi connectivity index (χ3n) is 19.7. The van der Waals surface area contributed by atoms with Gasteiger partial charge in [-0.1, -0.05) is 375 Å². The summed E-state index contributed by atoms with van der Waals surface area (Å²) >= 11 is 0. The number of quaternary nitrogens is 3. The minimum absolute atomic E-state index is 0. The van der Waals surface area contributed by atoms with Gasteiger partial charge in [-0.25, -0.2) is 0 Å². The molecule has 0 saturated heterocycles. The van der Waals surface area contributed by atoms with E-state index in [1.54, 1.807) is 0 Å². The molecule has 3 nitrogen and oxygen atoms in total. The van der Waals surface area contributed by atoms with Gasteiger partial charge in [0.25, 0.3) is 0 Å². The Morgan fingerprint density at radius 3 is 0.273 bits per heavy atom. The van der Waals surface area contributed by atoms with E-state index in [9.17, 15) is 0 Å². The van der Waals surface area contributed by atoms with Crippen molar-refractivity contribution < 1.29 is 59.8 Å². The van der Waals surface area contributed by atoms with Crippen LogP contribution in [0, 0.1) is 0 Å². The quantitative estimate of drug-likeness (QED) is 0.0421. The molecule has 6 heteroatoms. The molecule has 0 aliphatic carbocycles. The molecule has 0 atom stereocenters. The minimum Gasteiger partial charge on any atom is -1.00 e. The van der Waals surface area contributed by atoms with Crippen LogP contribution in [-0.4, -0.2) is 95.0 Å². The van der Waals surface area contributed by atoms with Crippen LogP contribution in [0.1, 0.15) is 452 Å². The molecule has 0 aromatic heterocycles. The number of hydrogen-bond acceptors (Lipinski definition) is 0. The molecule has 0 unspecified atom stereocenters. The average molecular weight is 1400 g/mol. The standard InChI is InChI=1S/C30H64N.2C26H56N.2BrH.ClH/c1-5-7-9-11-13-15-17-19-21-23-25-27-29-31(3,4)30-28-26-24-22-20-18-16-14-12-10-8-6-2;2*1-5-7-9-11-13-15-17-19-21-23-25-27(3,4)26-24-22-20-18-16-14-12-10-8-6-2;;;/h5-30H2,1-4H3;2*5-26H2,1-4H3;3*1H/q3*+1;;;/p-3. The second-order valence-electron chi connectivity index (χ2n) is 30.7. The van der Waals surface area contributed by atoms with Crippen molar-refractivity contribution >= 4 is 0 Å². The first-order valence-electron chi connectivity index (χ1n) is 40.8. The lowest BCUT2D eigenvalue weighted by atomic mass is 10.0. The van der Waals surface area contributed by atoms with Gasteiger partial charge in [0.15, 0.2) is 0 Å². The molecule has 0 heterocycles. The lowest BCUT2D eigenvalue weighted by molar-refractivity contribution is -0.890. The molecule has 0 radical (unpaired) electrons. The maximum atomic E-state index is 2.46. The lowest BCUT2D eigenvalue weighted by Gasteiger charge is -2.30. The highest BCUT2D eigenvalue weighted by atomic mass is 79.9. The van der Waals surface area contributed by atoms with Crippen molar-refractivity contribution in [2.45, 2.75) is 452 Å². The zero-order chi connectivity index (χ0) is 63.0. The fraction of sp³-hybridized carbons (Fsp3) is 1.00. The van der Waals surface area contributed by atoms with E-state index in [0.29, 0.717) is 0 Å². The highest BCUT2D eigenvalue weighted by Gasteiger charge is 2.16. The Kier molecular flexibility index (Phi) is 95.9. The van der Waals surface area contributed by atoms with Gasteiger partial charge in [-0.05, 0) is 77.0 Å². The highest BCUT2D eigenvalue weighted by molar-refractivity contribution is 4.55. The monoisotopic (exact) mass is 1400 g/mol.